The second kappa shape index (κ2) is 6.24. The summed E-state index contributed by atoms with van der Waals surface area (Å²) in [5.41, 5.74) is 1.89. The molecule has 0 spiro atoms. The second-order valence-corrected chi connectivity index (χ2v) is 7.60. The summed E-state index contributed by atoms with van der Waals surface area (Å²) in [6.07, 6.45) is 1.90. The summed E-state index contributed by atoms with van der Waals surface area (Å²) in [6.45, 7) is 0. The van der Waals surface area contributed by atoms with Crippen LogP contribution in [-0.2, 0) is 4.79 Å². The van der Waals surface area contributed by atoms with Crippen LogP contribution in [0, 0.1) is 0 Å². The molecule has 22 heavy (non-hydrogen) atoms. The lowest BCUT2D eigenvalue weighted by atomic mass is 10.2. The van der Waals surface area contributed by atoms with Crippen molar-refractivity contribution in [1.82, 2.24) is 0 Å². The lowest BCUT2D eigenvalue weighted by Crippen LogP contribution is -2.27. The van der Waals surface area contributed by atoms with Gasteiger partial charge in [-0.3, -0.25) is 9.69 Å². The summed E-state index contributed by atoms with van der Waals surface area (Å²) in [7, 11) is 3.97. The van der Waals surface area contributed by atoms with Crippen molar-refractivity contribution < 1.29 is 4.79 Å². The monoisotopic (exact) mass is 346 g/mol. The minimum atomic E-state index is -0.0546. The summed E-state index contributed by atoms with van der Waals surface area (Å²) in [5.74, 6) is -0.0546. The second-order valence-electron chi connectivity index (χ2n) is 4.94. The average Bonchev–Trinajstić information content (AvgIpc) is 3.09. The van der Waals surface area contributed by atoms with Gasteiger partial charge in [0.2, 0.25) is 0 Å². The van der Waals surface area contributed by atoms with Gasteiger partial charge in [0.05, 0.1) is 10.6 Å². The van der Waals surface area contributed by atoms with E-state index >= 15 is 0 Å². The number of hydrogen-bond acceptors (Lipinski definition) is 5. The quantitative estimate of drug-likeness (QED) is 0.613. The Hall–Kier alpha value is -1.63. The normalized spacial score (nSPS) is 16.6. The van der Waals surface area contributed by atoms with Crippen molar-refractivity contribution in [3.63, 3.8) is 0 Å². The minimum Gasteiger partial charge on any atom is -0.378 e. The minimum absolute atomic E-state index is 0.0546. The Morgan fingerprint density at radius 1 is 1.18 bits per heavy atom. The number of rotatable bonds is 3. The molecule has 1 fully saturated rings. The molecule has 0 aliphatic carbocycles. The van der Waals surface area contributed by atoms with E-state index in [4.69, 9.17) is 12.2 Å². The van der Waals surface area contributed by atoms with Crippen molar-refractivity contribution in [2.75, 3.05) is 23.9 Å². The fourth-order valence-corrected chi connectivity index (χ4v) is 4.11. The van der Waals surface area contributed by atoms with E-state index in [2.05, 4.69) is 0 Å². The first-order chi connectivity index (χ1) is 10.6. The van der Waals surface area contributed by atoms with Gasteiger partial charge >= 0.3 is 0 Å². The molecule has 3 nitrogen and oxygen atoms in total. The number of hydrogen-bond donors (Lipinski definition) is 0. The van der Waals surface area contributed by atoms with Gasteiger partial charge in [0.15, 0.2) is 4.32 Å². The van der Waals surface area contributed by atoms with Crippen LogP contribution < -0.4 is 9.80 Å². The Balaban J connectivity index is 1.88. The summed E-state index contributed by atoms with van der Waals surface area (Å²) in [4.78, 5) is 17.9. The maximum absolute atomic E-state index is 12.6. The third kappa shape index (κ3) is 2.95. The SMILES string of the molecule is CN(C)c1ccc(N2C(=O)/C(=C/c3cccs3)SC2=S)cc1. The third-order valence-electron chi connectivity index (χ3n) is 3.23. The fraction of sp³-hybridized carbons (Fsp3) is 0.125. The van der Waals surface area contributed by atoms with E-state index in [0.29, 0.717) is 9.23 Å². The highest BCUT2D eigenvalue weighted by Gasteiger charge is 2.33. The first-order valence-electron chi connectivity index (χ1n) is 6.65. The highest BCUT2D eigenvalue weighted by molar-refractivity contribution is 8.27. The van der Waals surface area contributed by atoms with E-state index in [-0.39, 0.29) is 5.91 Å². The Labute approximate surface area is 143 Å². The van der Waals surface area contributed by atoms with Crippen molar-refractivity contribution in [1.29, 1.82) is 0 Å². The Morgan fingerprint density at radius 2 is 1.91 bits per heavy atom. The van der Waals surface area contributed by atoms with Crippen LogP contribution in [0.25, 0.3) is 6.08 Å². The number of thioether (sulfide) groups is 1. The summed E-state index contributed by atoms with van der Waals surface area (Å²) in [6, 6.07) is 11.8. The van der Waals surface area contributed by atoms with E-state index in [1.54, 1.807) is 16.2 Å². The van der Waals surface area contributed by atoms with E-state index < -0.39 is 0 Å². The molecule has 2 heterocycles. The van der Waals surface area contributed by atoms with Crippen LogP contribution in [0.3, 0.4) is 0 Å². The molecule has 0 N–H and O–H groups in total. The molecular weight excluding hydrogens is 332 g/mol. The molecule has 1 saturated heterocycles. The molecule has 1 aromatic heterocycles. The largest absolute Gasteiger partial charge is 0.378 e. The molecule has 1 amide bonds. The molecule has 0 bridgehead atoms. The first-order valence-corrected chi connectivity index (χ1v) is 8.75. The third-order valence-corrected chi connectivity index (χ3v) is 5.36. The van der Waals surface area contributed by atoms with E-state index in [1.807, 2.05) is 66.8 Å². The Morgan fingerprint density at radius 3 is 2.50 bits per heavy atom. The van der Waals surface area contributed by atoms with E-state index in [9.17, 15) is 4.79 Å². The highest BCUT2D eigenvalue weighted by atomic mass is 32.2. The predicted octanol–water partition coefficient (Wildman–Crippen LogP) is 4.22. The molecule has 6 heteroatoms. The summed E-state index contributed by atoms with van der Waals surface area (Å²) in [5, 5.41) is 1.99. The van der Waals surface area contributed by atoms with E-state index in [0.717, 1.165) is 16.3 Å². The number of carbonyl (C=O) groups is 1. The number of anilines is 2. The van der Waals surface area contributed by atoms with Crippen LogP contribution in [0.1, 0.15) is 4.88 Å². The van der Waals surface area contributed by atoms with Gasteiger partial charge in [-0.05, 0) is 41.8 Å². The predicted molar refractivity (Wildman–Crippen MR) is 101 cm³/mol. The number of amides is 1. The first kappa shape index (κ1) is 15.3. The van der Waals surface area contributed by atoms with E-state index in [1.165, 1.54) is 11.8 Å². The lowest BCUT2D eigenvalue weighted by Gasteiger charge is -2.17. The maximum atomic E-state index is 12.6. The lowest BCUT2D eigenvalue weighted by molar-refractivity contribution is -0.113. The van der Waals surface area contributed by atoms with Gasteiger partial charge in [-0.1, -0.05) is 30.0 Å². The maximum Gasteiger partial charge on any atom is 0.270 e. The van der Waals surface area contributed by atoms with Crippen molar-refractivity contribution in [2.45, 2.75) is 0 Å². The molecule has 2 aromatic rings. The zero-order valence-electron chi connectivity index (χ0n) is 12.1. The molecular formula is C16H14N2OS3. The molecule has 112 valence electrons. The smallest absolute Gasteiger partial charge is 0.270 e. The van der Waals surface area contributed by atoms with Crippen LogP contribution in [0.4, 0.5) is 11.4 Å². The molecule has 3 rings (SSSR count). The van der Waals surface area contributed by atoms with Crippen LogP contribution >= 0.6 is 35.3 Å². The van der Waals surface area contributed by atoms with Gasteiger partial charge in [-0.15, -0.1) is 11.3 Å². The van der Waals surface area contributed by atoms with Gasteiger partial charge < -0.3 is 4.90 Å². The summed E-state index contributed by atoms with van der Waals surface area (Å²) >= 11 is 8.33. The standard InChI is InChI=1S/C16H14N2OS3/c1-17(2)11-5-7-12(8-6-11)18-15(19)14(22-16(18)20)10-13-4-3-9-21-13/h3-10H,1-2H3/b14-10-. The average molecular weight is 347 g/mol. The Bertz CT molecular complexity index is 733. The van der Waals surface area contributed by atoms with Crippen molar-refractivity contribution in [3.8, 4) is 0 Å². The van der Waals surface area contributed by atoms with Gasteiger partial charge in [0.1, 0.15) is 0 Å². The molecule has 1 aliphatic rings. The van der Waals surface area contributed by atoms with Gasteiger partial charge in [-0.25, -0.2) is 0 Å². The fourth-order valence-electron chi connectivity index (χ4n) is 2.09. The number of nitrogens with zero attached hydrogens (tertiary/aromatic N) is 2. The number of benzene rings is 1. The van der Waals surface area contributed by atoms with Gasteiger partial charge in [-0.2, -0.15) is 0 Å². The number of carbonyl (C=O) groups excluding carboxylic acids is 1. The molecule has 1 aromatic carbocycles. The molecule has 1 aliphatic heterocycles. The van der Waals surface area contributed by atoms with Crippen LogP contribution in [0.5, 0.6) is 0 Å². The highest BCUT2D eigenvalue weighted by Crippen LogP contribution is 2.36. The van der Waals surface area contributed by atoms with Crippen LogP contribution in [-0.4, -0.2) is 24.3 Å². The summed E-state index contributed by atoms with van der Waals surface area (Å²) < 4.78 is 0.574. The number of thiophene rings is 1. The molecule has 0 unspecified atom stereocenters. The van der Waals surface area contributed by atoms with Gasteiger partial charge in [0.25, 0.3) is 5.91 Å². The molecule has 0 radical (unpaired) electrons. The topological polar surface area (TPSA) is 23.6 Å². The Kier molecular flexibility index (Phi) is 4.33. The van der Waals surface area contributed by atoms with Crippen LogP contribution in [0.15, 0.2) is 46.7 Å². The van der Waals surface area contributed by atoms with Crippen LogP contribution in [0.2, 0.25) is 0 Å². The zero-order valence-corrected chi connectivity index (χ0v) is 14.6. The molecule has 0 atom stereocenters. The van der Waals surface area contributed by atoms with Crippen molar-refractivity contribution >= 4 is 63.0 Å². The van der Waals surface area contributed by atoms with Gasteiger partial charge in [0, 0.05) is 24.7 Å². The zero-order chi connectivity index (χ0) is 15.7. The molecule has 0 saturated carbocycles. The number of thiocarbonyl (C=S) groups is 1. The van der Waals surface area contributed by atoms with Crippen molar-refractivity contribution in [3.05, 3.63) is 51.6 Å². The van der Waals surface area contributed by atoms with Crippen molar-refractivity contribution in [2.24, 2.45) is 0 Å².